The van der Waals surface area contributed by atoms with Crippen molar-refractivity contribution in [2.24, 2.45) is 0 Å². The lowest BCUT2D eigenvalue weighted by molar-refractivity contribution is -0.186. The van der Waals surface area contributed by atoms with Crippen LogP contribution in [-0.2, 0) is 14.3 Å². The van der Waals surface area contributed by atoms with Gasteiger partial charge in [-0.05, 0) is 24.5 Å². The molecule has 7 heteroatoms. The number of hydroxylamine groups is 1. The first-order valence-electron chi connectivity index (χ1n) is 9.41. The minimum Gasteiger partial charge on any atom is -0.378 e. The number of anilines is 1. The molecule has 1 N–H and O–H groups in total. The molecule has 1 amide bonds. The van der Waals surface area contributed by atoms with Crippen LogP contribution in [0.2, 0.25) is 0 Å². The van der Waals surface area contributed by atoms with Crippen LogP contribution in [0.15, 0.2) is 36.4 Å². The zero-order valence-electron chi connectivity index (χ0n) is 15.2. The van der Waals surface area contributed by atoms with Gasteiger partial charge in [-0.15, -0.1) is 11.3 Å². The van der Waals surface area contributed by atoms with Crippen LogP contribution in [0, 0.1) is 0 Å². The Morgan fingerprint density at radius 1 is 1.15 bits per heavy atom. The molecular weight excluding hydrogens is 364 g/mol. The third-order valence-electron chi connectivity index (χ3n) is 4.74. The van der Waals surface area contributed by atoms with E-state index in [2.05, 4.69) is 22.5 Å². The first-order valence-corrected chi connectivity index (χ1v) is 10.2. The summed E-state index contributed by atoms with van der Waals surface area (Å²) in [7, 11) is 0. The molecule has 0 spiro atoms. The number of morpholine rings is 1. The Balaban J connectivity index is 1.53. The Hall–Kier alpha value is -1.93. The summed E-state index contributed by atoms with van der Waals surface area (Å²) >= 11 is 1.49. The molecule has 0 radical (unpaired) electrons. The minimum atomic E-state index is -0.352. The van der Waals surface area contributed by atoms with E-state index < -0.39 is 0 Å². The van der Waals surface area contributed by atoms with Crippen LogP contribution in [-0.4, -0.2) is 45.1 Å². The quantitative estimate of drug-likeness (QED) is 0.795. The van der Waals surface area contributed by atoms with Gasteiger partial charge in [-0.2, -0.15) is 0 Å². The molecule has 6 nitrogen and oxygen atoms in total. The maximum Gasteiger partial charge on any atom is 0.285 e. The van der Waals surface area contributed by atoms with Crippen molar-refractivity contribution in [3.63, 3.8) is 0 Å². The Kier molecular flexibility index (Phi) is 6.03. The molecule has 1 atom stereocenters. The molecule has 144 valence electrons. The van der Waals surface area contributed by atoms with Gasteiger partial charge in [0, 0.05) is 31.7 Å². The number of rotatable bonds is 5. The van der Waals surface area contributed by atoms with E-state index in [0.717, 1.165) is 48.5 Å². The summed E-state index contributed by atoms with van der Waals surface area (Å²) < 4.78 is 11.0. The van der Waals surface area contributed by atoms with Gasteiger partial charge in [0.2, 0.25) is 0 Å². The molecule has 3 heterocycles. The van der Waals surface area contributed by atoms with Crippen molar-refractivity contribution in [1.29, 1.82) is 0 Å². The van der Waals surface area contributed by atoms with E-state index in [-0.39, 0.29) is 12.2 Å². The van der Waals surface area contributed by atoms with Crippen molar-refractivity contribution in [3.8, 4) is 11.1 Å². The lowest BCUT2D eigenvalue weighted by atomic mass is 10.1. The second-order valence-electron chi connectivity index (χ2n) is 6.64. The topological polar surface area (TPSA) is 60.0 Å². The van der Waals surface area contributed by atoms with Gasteiger partial charge in [0.15, 0.2) is 6.29 Å². The number of nitrogens with one attached hydrogen (secondary N) is 1. The fourth-order valence-corrected chi connectivity index (χ4v) is 4.41. The van der Waals surface area contributed by atoms with Crippen LogP contribution in [0.5, 0.6) is 0 Å². The molecule has 1 aromatic carbocycles. The summed E-state index contributed by atoms with van der Waals surface area (Å²) in [5, 5.41) is 1.10. The molecule has 0 bridgehead atoms. The zero-order valence-corrected chi connectivity index (χ0v) is 16.0. The summed E-state index contributed by atoms with van der Waals surface area (Å²) in [6.45, 7) is 3.74. The van der Waals surface area contributed by atoms with Crippen molar-refractivity contribution < 1.29 is 19.1 Å². The van der Waals surface area contributed by atoms with Gasteiger partial charge in [0.1, 0.15) is 0 Å². The number of benzene rings is 1. The Morgan fingerprint density at radius 3 is 2.70 bits per heavy atom. The molecule has 2 fully saturated rings. The van der Waals surface area contributed by atoms with Crippen molar-refractivity contribution in [3.05, 3.63) is 41.3 Å². The van der Waals surface area contributed by atoms with Crippen LogP contribution in [0.1, 0.15) is 28.9 Å². The Bertz CT molecular complexity index is 753. The number of carbonyl (C=O) groups excluding carboxylic acids is 1. The van der Waals surface area contributed by atoms with Gasteiger partial charge in [-0.25, -0.2) is 10.3 Å². The first-order chi connectivity index (χ1) is 13.3. The summed E-state index contributed by atoms with van der Waals surface area (Å²) in [6, 6.07) is 12.1. The maximum atomic E-state index is 12.6. The summed E-state index contributed by atoms with van der Waals surface area (Å²) in [4.78, 5) is 21.0. The number of ether oxygens (including phenoxy) is 2. The van der Waals surface area contributed by atoms with Gasteiger partial charge in [0.25, 0.3) is 5.91 Å². The number of thiophene rings is 1. The standard InChI is InChI=1S/C20H24N2O4S/c23-19(21-26-18-8-4-5-11-25-18)17-14-16(15-6-2-1-3-7-15)20(27-17)22-9-12-24-13-10-22/h1-3,6-7,14,18H,4-5,8-13H2,(H,21,23). The highest BCUT2D eigenvalue weighted by Crippen LogP contribution is 2.39. The van der Waals surface area contributed by atoms with E-state index in [9.17, 15) is 4.79 Å². The van der Waals surface area contributed by atoms with Crippen LogP contribution >= 0.6 is 11.3 Å². The molecule has 4 rings (SSSR count). The van der Waals surface area contributed by atoms with E-state index in [1.54, 1.807) is 0 Å². The van der Waals surface area contributed by atoms with Crippen molar-refractivity contribution in [1.82, 2.24) is 5.48 Å². The molecule has 2 saturated heterocycles. The van der Waals surface area contributed by atoms with Gasteiger partial charge in [0.05, 0.1) is 23.1 Å². The SMILES string of the molecule is O=C(NOC1CCCCO1)c1cc(-c2ccccc2)c(N2CCOCC2)s1. The van der Waals surface area contributed by atoms with Crippen LogP contribution in [0.3, 0.4) is 0 Å². The van der Waals surface area contributed by atoms with Crippen LogP contribution in [0.4, 0.5) is 5.00 Å². The molecule has 0 aliphatic carbocycles. The molecule has 2 aliphatic rings. The number of carbonyl (C=O) groups is 1. The number of amides is 1. The molecule has 2 aliphatic heterocycles. The van der Waals surface area contributed by atoms with Gasteiger partial charge in [-0.1, -0.05) is 30.3 Å². The molecular formula is C20H24N2O4S. The van der Waals surface area contributed by atoms with Gasteiger partial charge >= 0.3 is 0 Å². The Morgan fingerprint density at radius 2 is 1.96 bits per heavy atom. The molecule has 27 heavy (non-hydrogen) atoms. The largest absolute Gasteiger partial charge is 0.378 e. The fraction of sp³-hybridized carbons (Fsp3) is 0.450. The van der Waals surface area contributed by atoms with Gasteiger partial charge in [-0.3, -0.25) is 4.79 Å². The number of hydrogen-bond acceptors (Lipinski definition) is 6. The van der Waals surface area contributed by atoms with E-state index >= 15 is 0 Å². The maximum absolute atomic E-state index is 12.6. The predicted octanol–water partition coefficient (Wildman–Crippen LogP) is 3.44. The molecule has 1 unspecified atom stereocenters. The minimum absolute atomic E-state index is 0.231. The molecule has 2 aromatic rings. The van der Waals surface area contributed by atoms with E-state index in [4.69, 9.17) is 14.3 Å². The third kappa shape index (κ3) is 4.50. The molecule has 1 aromatic heterocycles. The van der Waals surface area contributed by atoms with Crippen LogP contribution < -0.4 is 10.4 Å². The lowest BCUT2D eigenvalue weighted by Crippen LogP contribution is -2.36. The van der Waals surface area contributed by atoms with Crippen LogP contribution in [0.25, 0.3) is 11.1 Å². The van der Waals surface area contributed by atoms with E-state index in [1.165, 1.54) is 11.3 Å². The van der Waals surface area contributed by atoms with E-state index in [0.29, 0.717) is 24.7 Å². The average Bonchev–Trinajstić information content (AvgIpc) is 3.20. The Labute approximate surface area is 163 Å². The smallest absolute Gasteiger partial charge is 0.285 e. The highest BCUT2D eigenvalue weighted by atomic mass is 32.1. The zero-order chi connectivity index (χ0) is 18.5. The highest BCUT2D eigenvalue weighted by molar-refractivity contribution is 7.18. The van der Waals surface area contributed by atoms with Gasteiger partial charge < -0.3 is 14.4 Å². The monoisotopic (exact) mass is 388 g/mol. The second-order valence-corrected chi connectivity index (χ2v) is 7.67. The lowest BCUT2D eigenvalue weighted by Gasteiger charge is -2.28. The second kappa shape index (κ2) is 8.84. The third-order valence-corrected chi connectivity index (χ3v) is 5.93. The molecule has 0 saturated carbocycles. The summed E-state index contributed by atoms with van der Waals surface area (Å²) in [5.74, 6) is -0.231. The first kappa shape index (κ1) is 18.4. The summed E-state index contributed by atoms with van der Waals surface area (Å²) in [5.41, 5.74) is 4.74. The predicted molar refractivity (Wildman–Crippen MR) is 105 cm³/mol. The van der Waals surface area contributed by atoms with Crippen molar-refractivity contribution in [2.45, 2.75) is 25.6 Å². The fourth-order valence-electron chi connectivity index (χ4n) is 3.29. The number of hydrogen-bond donors (Lipinski definition) is 1. The summed E-state index contributed by atoms with van der Waals surface area (Å²) in [6.07, 6.45) is 2.55. The normalized spacial score (nSPS) is 20.4. The van der Waals surface area contributed by atoms with Crippen molar-refractivity contribution in [2.75, 3.05) is 37.8 Å². The number of nitrogens with zero attached hydrogens (tertiary/aromatic N) is 1. The van der Waals surface area contributed by atoms with Crippen molar-refractivity contribution >= 4 is 22.2 Å². The highest BCUT2D eigenvalue weighted by Gasteiger charge is 2.23. The average molecular weight is 388 g/mol. The van der Waals surface area contributed by atoms with E-state index in [1.807, 2.05) is 24.3 Å².